The van der Waals surface area contributed by atoms with E-state index in [4.69, 9.17) is 34.3 Å². The summed E-state index contributed by atoms with van der Waals surface area (Å²) in [6.45, 7) is 0. The minimum atomic E-state index is 0.215. The molecule has 0 aliphatic heterocycles. The van der Waals surface area contributed by atoms with Gasteiger partial charge in [0.25, 0.3) is 0 Å². The van der Waals surface area contributed by atoms with Crippen LogP contribution in [0.1, 0.15) is 5.56 Å². The number of ether oxygens (including phenoxy) is 1. The maximum Gasteiger partial charge on any atom is 0.341 e. The van der Waals surface area contributed by atoms with Crippen LogP contribution in [0.25, 0.3) is 0 Å². The maximum absolute atomic E-state index is 5.88. The van der Waals surface area contributed by atoms with Gasteiger partial charge in [0, 0.05) is 18.1 Å². The summed E-state index contributed by atoms with van der Waals surface area (Å²) in [5.41, 5.74) is 6.18. The molecule has 88 valence electrons. The van der Waals surface area contributed by atoms with Crippen molar-refractivity contribution in [1.82, 2.24) is 14.8 Å². The summed E-state index contributed by atoms with van der Waals surface area (Å²) in [7, 11) is 1.74. The van der Waals surface area contributed by atoms with Gasteiger partial charge in [-0.15, -0.1) is 5.10 Å². The highest BCUT2D eigenvalue weighted by Crippen LogP contribution is 2.26. The molecule has 17 heavy (non-hydrogen) atoms. The molecule has 0 aliphatic carbocycles. The monoisotopic (exact) mass is 268 g/mol. The zero-order valence-corrected chi connectivity index (χ0v) is 10.5. The molecule has 5 nitrogen and oxygen atoms in total. The third kappa shape index (κ3) is 2.72. The summed E-state index contributed by atoms with van der Waals surface area (Å²) in [6.07, 6.45) is 1.53. The molecule has 0 saturated heterocycles. The van der Waals surface area contributed by atoms with Gasteiger partial charge in [-0.05, 0) is 12.1 Å². The van der Waals surface area contributed by atoms with Crippen molar-refractivity contribution in [3.05, 3.63) is 35.1 Å². The number of nitrogens with zero attached hydrogens (tertiary/aromatic N) is 3. The van der Waals surface area contributed by atoms with Crippen LogP contribution in [0, 0.1) is 0 Å². The van der Waals surface area contributed by atoms with E-state index in [1.165, 1.54) is 11.0 Å². The molecule has 0 radical (unpaired) electrons. The van der Waals surface area contributed by atoms with E-state index >= 15 is 0 Å². The number of aromatic nitrogens is 3. The number of thiocarbonyl (C=S) groups is 1. The highest BCUT2D eigenvalue weighted by atomic mass is 35.5. The fourth-order valence-corrected chi connectivity index (χ4v) is 1.58. The molecule has 0 amide bonds. The molecule has 1 aromatic heterocycles. The Hall–Kier alpha value is -1.66. The Balaban J connectivity index is 2.37. The Bertz CT molecular complexity index is 569. The Morgan fingerprint density at radius 3 is 2.88 bits per heavy atom. The normalized spacial score (nSPS) is 10.2. The highest BCUT2D eigenvalue weighted by Gasteiger charge is 2.10. The first kappa shape index (κ1) is 11.8. The van der Waals surface area contributed by atoms with Gasteiger partial charge in [0.15, 0.2) is 0 Å². The second kappa shape index (κ2) is 4.68. The fraction of sp³-hybridized carbons (Fsp3) is 0.100. The zero-order chi connectivity index (χ0) is 12.4. The number of aryl methyl sites for hydroxylation is 1. The number of benzene rings is 1. The van der Waals surface area contributed by atoms with Crippen molar-refractivity contribution in [2.45, 2.75) is 0 Å². The largest absolute Gasteiger partial charge is 0.422 e. The zero-order valence-electron chi connectivity index (χ0n) is 8.92. The van der Waals surface area contributed by atoms with Crippen LogP contribution in [0.2, 0.25) is 5.02 Å². The molecule has 1 heterocycles. The number of hydrogen-bond donors (Lipinski definition) is 1. The van der Waals surface area contributed by atoms with E-state index in [0.29, 0.717) is 16.3 Å². The summed E-state index contributed by atoms with van der Waals surface area (Å²) < 4.78 is 7.01. The van der Waals surface area contributed by atoms with Gasteiger partial charge >= 0.3 is 6.01 Å². The van der Waals surface area contributed by atoms with E-state index in [1.807, 2.05) is 0 Å². The molecular formula is C10H9ClN4OS. The van der Waals surface area contributed by atoms with Crippen molar-refractivity contribution < 1.29 is 4.74 Å². The van der Waals surface area contributed by atoms with Gasteiger partial charge in [0.05, 0.1) is 5.56 Å². The first-order valence-electron chi connectivity index (χ1n) is 4.69. The molecule has 0 spiro atoms. The van der Waals surface area contributed by atoms with Crippen LogP contribution in [0.4, 0.5) is 0 Å². The lowest BCUT2D eigenvalue weighted by Gasteiger charge is -2.07. The van der Waals surface area contributed by atoms with Crippen LogP contribution in [0.15, 0.2) is 24.5 Å². The molecule has 0 fully saturated rings. The molecule has 0 bridgehead atoms. The molecule has 1 aromatic carbocycles. The molecular weight excluding hydrogens is 260 g/mol. The highest BCUT2D eigenvalue weighted by molar-refractivity contribution is 7.80. The minimum absolute atomic E-state index is 0.215. The smallest absolute Gasteiger partial charge is 0.341 e. The third-order valence-electron chi connectivity index (χ3n) is 1.99. The molecule has 7 heteroatoms. The lowest BCUT2D eigenvalue weighted by molar-refractivity contribution is 0.438. The summed E-state index contributed by atoms with van der Waals surface area (Å²) in [6, 6.07) is 5.22. The van der Waals surface area contributed by atoms with Gasteiger partial charge in [-0.1, -0.05) is 23.8 Å². The topological polar surface area (TPSA) is 66.0 Å². The summed E-state index contributed by atoms with van der Waals surface area (Å²) in [4.78, 5) is 4.17. The van der Waals surface area contributed by atoms with Crippen molar-refractivity contribution in [2.24, 2.45) is 12.8 Å². The van der Waals surface area contributed by atoms with Crippen LogP contribution in [-0.4, -0.2) is 19.8 Å². The van der Waals surface area contributed by atoms with Crippen molar-refractivity contribution >= 4 is 28.8 Å². The molecule has 0 atom stereocenters. The Kier molecular flexibility index (Phi) is 3.26. The number of nitrogens with two attached hydrogens (primary N) is 1. The van der Waals surface area contributed by atoms with E-state index in [0.717, 1.165) is 0 Å². The van der Waals surface area contributed by atoms with E-state index in [1.54, 1.807) is 25.2 Å². The minimum Gasteiger partial charge on any atom is -0.422 e. The standard InChI is InChI=1S/C10H9ClN4OS/c1-15-5-13-10(14-15)16-8-4-6(11)2-3-7(8)9(12)17/h2-5H,1H3,(H2,12,17). The van der Waals surface area contributed by atoms with Crippen LogP contribution in [-0.2, 0) is 7.05 Å². The predicted molar refractivity (Wildman–Crippen MR) is 68.4 cm³/mol. The maximum atomic E-state index is 5.88. The number of rotatable bonds is 3. The second-order valence-corrected chi connectivity index (χ2v) is 4.18. The van der Waals surface area contributed by atoms with E-state index in [-0.39, 0.29) is 11.0 Å². The van der Waals surface area contributed by atoms with Crippen LogP contribution in [0.3, 0.4) is 0 Å². The lowest BCUT2D eigenvalue weighted by atomic mass is 10.2. The van der Waals surface area contributed by atoms with Gasteiger partial charge in [-0.2, -0.15) is 4.98 Å². The van der Waals surface area contributed by atoms with Crippen molar-refractivity contribution in [3.63, 3.8) is 0 Å². The van der Waals surface area contributed by atoms with Crippen molar-refractivity contribution in [1.29, 1.82) is 0 Å². The Morgan fingerprint density at radius 1 is 1.53 bits per heavy atom. The van der Waals surface area contributed by atoms with E-state index in [9.17, 15) is 0 Å². The lowest BCUT2D eigenvalue weighted by Crippen LogP contribution is -2.10. The first-order chi connectivity index (χ1) is 8.06. The third-order valence-corrected chi connectivity index (χ3v) is 2.44. The van der Waals surface area contributed by atoms with Gasteiger partial charge in [-0.25, -0.2) is 0 Å². The van der Waals surface area contributed by atoms with Gasteiger partial charge in [0.1, 0.15) is 17.1 Å². The Labute approximate surface area is 108 Å². The summed E-state index contributed by atoms with van der Waals surface area (Å²) in [5, 5.41) is 4.52. The van der Waals surface area contributed by atoms with E-state index in [2.05, 4.69) is 10.1 Å². The van der Waals surface area contributed by atoms with E-state index < -0.39 is 0 Å². The van der Waals surface area contributed by atoms with Gasteiger partial charge in [0.2, 0.25) is 0 Å². The SMILES string of the molecule is Cn1cnc(Oc2cc(Cl)ccc2C(N)=S)n1. The van der Waals surface area contributed by atoms with Crippen molar-refractivity contribution in [3.8, 4) is 11.8 Å². The molecule has 0 unspecified atom stereocenters. The predicted octanol–water partition coefficient (Wildman–Crippen LogP) is 1.89. The molecule has 0 aliphatic rings. The summed E-state index contributed by atoms with van der Waals surface area (Å²) >= 11 is 10.8. The molecule has 2 aromatic rings. The molecule has 0 saturated carbocycles. The fourth-order valence-electron chi connectivity index (χ4n) is 1.25. The molecule has 2 rings (SSSR count). The second-order valence-electron chi connectivity index (χ2n) is 3.31. The number of hydrogen-bond acceptors (Lipinski definition) is 4. The summed E-state index contributed by atoms with van der Waals surface area (Å²) in [5.74, 6) is 0.441. The Morgan fingerprint density at radius 2 is 2.29 bits per heavy atom. The average Bonchev–Trinajstić information content (AvgIpc) is 2.63. The van der Waals surface area contributed by atoms with Crippen LogP contribution in [0.5, 0.6) is 11.8 Å². The van der Waals surface area contributed by atoms with Gasteiger partial charge in [-0.3, -0.25) is 4.68 Å². The van der Waals surface area contributed by atoms with Crippen LogP contribution < -0.4 is 10.5 Å². The molecule has 2 N–H and O–H groups in total. The first-order valence-corrected chi connectivity index (χ1v) is 5.48. The quantitative estimate of drug-likeness (QED) is 0.861. The van der Waals surface area contributed by atoms with Crippen LogP contribution >= 0.6 is 23.8 Å². The van der Waals surface area contributed by atoms with Gasteiger partial charge < -0.3 is 10.5 Å². The number of halogens is 1. The average molecular weight is 269 g/mol. The van der Waals surface area contributed by atoms with Crippen molar-refractivity contribution in [2.75, 3.05) is 0 Å².